The first-order valence-electron chi connectivity index (χ1n) is 7.25. The van der Waals surface area contributed by atoms with Crippen molar-refractivity contribution in [3.63, 3.8) is 0 Å². The van der Waals surface area contributed by atoms with Crippen LogP contribution in [0.4, 0.5) is 13.2 Å². The van der Waals surface area contributed by atoms with E-state index < -0.39 is 12.7 Å². The molecule has 1 unspecified atom stereocenters. The Bertz CT molecular complexity index is 256. The minimum Gasteiger partial charge on any atom is -0.316 e. The first-order valence-corrected chi connectivity index (χ1v) is 7.25. The molecule has 0 aliphatic carbocycles. The molecule has 112 valence electrons. The standard InChI is InChI=1S/C13H24F3N3/c14-13(15,16)11-19-8-6-18(7-9-19)5-3-12-2-1-4-17-10-12/h12,17H,1-11H2. The lowest BCUT2D eigenvalue weighted by Crippen LogP contribution is -2.49. The van der Waals surface area contributed by atoms with Crippen LogP contribution in [0.1, 0.15) is 19.3 Å². The van der Waals surface area contributed by atoms with Crippen LogP contribution < -0.4 is 5.32 Å². The van der Waals surface area contributed by atoms with E-state index >= 15 is 0 Å². The van der Waals surface area contributed by atoms with Crippen LogP contribution in [-0.4, -0.2) is 68.3 Å². The molecule has 2 heterocycles. The number of hydrogen-bond donors (Lipinski definition) is 1. The monoisotopic (exact) mass is 279 g/mol. The van der Waals surface area contributed by atoms with Gasteiger partial charge in [-0.05, 0) is 44.8 Å². The van der Waals surface area contributed by atoms with Crippen molar-refractivity contribution in [2.75, 3.05) is 52.4 Å². The van der Waals surface area contributed by atoms with Crippen LogP contribution in [0, 0.1) is 5.92 Å². The molecule has 2 fully saturated rings. The SMILES string of the molecule is FC(F)(F)CN1CCN(CCC2CCCNC2)CC1. The largest absolute Gasteiger partial charge is 0.401 e. The van der Waals surface area contributed by atoms with E-state index in [1.54, 1.807) is 0 Å². The van der Waals surface area contributed by atoms with E-state index in [1.165, 1.54) is 24.2 Å². The molecule has 0 bridgehead atoms. The zero-order chi connectivity index (χ0) is 13.7. The summed E-state index contributed by atoms with van der Waals surface area (Å²) in [4.78, 5) is 3.82. The van der Waals surface area contributed by atoms with Gasteiger partial charge in [-0.1, -0.05) is 0 Å². The molecular formula is C13H24F3N3. The Morgan fingerprint density at radius 2 is 1.74 bits per heavy atom. The summed E-state index contributed by atoms with van der Waals surface area (Å²) in [5, 5.41) is 3.40. The first-order chi connectivity index (χ1) is 9.03. The molecule has 1 atom stereocenters. The van der Waals surface area contributed by atoms with Gasteiger partial charge in [0.2, 0.25) is 0 Å². The summed E-state index contributed by atoms with van der Waals surface area (Å²) in [6.07, 6.45) is -0.340. The van der Waals surface area contributed by atoms with Crippen molar-refractivity contribution in [2.45, 2.75) is 25.4 Å². The highest BCUT2D eigenvalue weighted by Crippen LogP contribution is 2.18. The van der Waals surface area contributed by atoms with Gasteiger partial charge in [0.1, 0.15) is 0 Å². The third-order valence-electron chi connectivity index (χ3n) is 4.12. The van der Waals surface area contributed by atoms with Crippen molar-refractivity contribution in [3.8, 4) is 0 Å². The smallest absolute Gasteiger partial charge is 0.316 e. The zero-order valence-electron chi connectivity index (χ0n) is 11.4. The molecule has 6 heteroatoms. The highest BCUT2D eigenvalue weighted by atomic mass is 19.4. The number of piperazine rings is 1. The molecule has 1 N–H and O–H groups in total. The maximum Gasteiger partial charge on any atom is 0.401 e. The van der Waals surface area contributed by atoms with Gasteiger partial charge in [-0.15, -0.1) is 0 Å². The van der Waals surface area contributed by atoms with Crippen LogP contribution >= 0.6 is 0 Å². The Labute approximate surface area is 113 Å². The number of halogens is 3. The van der Waals surface area contributed by atoms with Gasteiger partial charge in [0.25, 0.3) is 0 Å². The Kier molecular flexibility index (Phi) is 5.47. The Balaban J connectivity index is 1.60. The lowest BCUT2D eigenvalue weighted by atomic mass is 9.96. The maximum atomic E-state index is 12.3. The van der Waals surface area contributed by atoms with Crippen molar-refractivity contribution < 1.29 is 13.2 Å². The van der Waals surface area contributed by atoms with Gasteiger partial charge in [-0.2, -0.15) is 13.2 Å². The van der Waals surface area contributed by atoms with Crippen molar-refractivity contribution in [2.24, 2.45) is 5.92 Å². The fourth-order valence-electron chi connectivity index (χ4n) is 2.96. The van der Waals surface area contributed by atoms with E-state index in [-0.39, 0.29) is 0 Å². The van der Waals surface area contributed by atoms with Crippen molar-refractivity contribution in [1.82, 2.24) is 15.1 Å². The van der Waals surface area contributed by atoms with Crippen LogP contribution in [0.5, 0.6) is 0 Å². The van der Waals surface area contributed by atoms with Gasteiger partial charge in [0, 0.05) is 26.2 Å². The number of rotatable bonds is 4. The van der Waals surface area contributed by atoms with E-state index in [0.29, 0.717) is 13.1 Å². The van der Waals surface area contributed by atoms with Gasteiger partial charge in [-0.3, -0.25) is 4.90 Å². The fourth-order valence-corrected chi connectivity index (χ4v) is 2.96. The van der Waals surface area contributed by atoms with Crippen LogP contribution in [0.3, 0.4) is 0 Å². The Morgan fingerprint density at radius 3 is 2.32 bits per heavy atom. The van der Waals surface area contributed by atoms with E-state index in [2.05, 4.69) is 10.2 Å². The maximum absolute atomic E-state index is 12.3. The molecule has 0 radical (unpaired) electrons. The van der Waals surface area contributed by atoms with Crippen molar-refractivity contribution in [1.29, 1.82) is 0 Å². The lowest BCUT2D eigenvalue weighted by Gasteiger charge is -2.35. The molecule has 0 amide bonds. The normalized spacial score (nSPS) is 27.6. The first kappa shape index (κ1) is 15.1. The van der Waals surface area contributed by atoms with Gasteiger partial charge >= 0.3 is 6.18 Å². The van der Waals surface area contributed by atoms with Crippen LogP contribution in [0.15, 0.2) is 0 Å². The summed E-state index contributed by atoms with van der Waals surface area (Å²) in [5.41, 5.74) is 0. The topological polar surface area (TPSA) is 18.5 Å². The van der Waals surface area contributed by atoms with Gasteiger partial charge in [0.05, 0.1) is 6.54 Å². The second-order valence-electron chi connectivity index (χ2n) is 5.73. The highest BCUT2D eigenvalue weighted by molar-refractivity contribution is 4.76. The predicted octanol–water partition coefficient (Wildman–Crippen LogP) is 1.56. The van der Waals surface area contributed by atoms with Crippen LogP contribution in [-0.2, 0) is 0 Å². The third kappa shape index (κ3) is 5.67. The Morgan fingerprint density at radius 1 is 1.05 bits per heavy atom. The number of hydrogen-bond acceptors (Lipinski definition) is 3. The lowest BCUT2D eigenvalue weighted by molar-refractivity contribution is -0.149. The quantitative estimate of drug-likeness (QED) is 0.842. The molecule has 0 aromatic rings. The molecule has 2 saturated heterocycles. The number of piperidine rings is 1. The summed E-state index contributed by atoms with van der Waals surface area (Å²) in [6.45, 7) is 5.15. The molecule has 0 aromatic heterocycles. The Hall–Kier alpha value is -0.330. The van der Waals surface area contributed by atoms with E-state index in [0.717, 1.165) is 38.6 Å². The minimum absolute atomic E-state index is 0.544. The summed E-state index contributed by atoms with van der Waals surface area (Å²) < 4.78 is 36.8. The molecule has 0 saturated carbocycles. The van der Waals surface area contributed by atoms with Crippen molar-refractivity contribution in [3.05, 3.63) is 0 Å². The number of nitrogens with zero attached hydrogens (tertiary/aromatic N) is 2. The molecule has 3 nitrogen and oxygen atoms in total. The molecule has 0 spiro atoms. The fraction of sp³-hybridized carbons (Fsp3) is 1.00. The molecule has 19 heavy (non-hydrogen) atoms. The summed E-state index contributed by atoms with van der Waals surface area (Å²) in [7, 11) is 0. The van der Waals surface area contributed by atoms with E-state index in [4.69, 9.17) is 0 Å². The minimum atomic E-state index is -4.06. The van der Waals surface area contributed by atoms with Gasteiger partial charge in [-0.25, -0.2) is 0 Å². The highest BCUT2D eigenvalue weighted by Gasteiger charge is 2.32. The van der Waals surface area contributed by atoms with Crippen LogP contribution in [0.2, 0.25) is 0 Å². The molecular weight excluding hydrogens is 255 g/mol. The van der Waals surface area contributed by atoms with Crippen LogP contribution in [0.25, 0.3) is 0 Å². The average Bonchev–Trinajstić information content (AvgIpc) is 2.37. The molecule has 2 rings (SSSR count). The molecule has 2 aliphatic rings. The number of alkyl halides is 3. The summed E-state index contributed by atoms with van der Waals surface area (Å²) in [6, 6.07) is 0. The van der Waals surface area contributed by atoms with Gasteiger partial charge in [0.15, 0.2) is 0 Å². The zero-order valence-corrected chi connectivity index (χ0v) is 11.4. The predicted molar refractivity (Wildman–Crippen MR) is 69.1 cm³/mol. The summed E-state index contributed by atoms with van der Waals surface area (Å²) in [5.74, 6) is 0.752. The van der Waals surface area contributed by atoms with E-state index in [1.807, 2.05) is 0 Å². The average molecular weight is 279 g/mol. The second kappa shape index (κ2) is 6.90. The van der Waals surface area contributed by atoms with Crippen molar-refractivity contribution >= 4 is 0 Å². The van der Waals surface area contributed by atoms with E-state index in [9.17, 15) is 13.2 Å². The third-order valence-corrected chi connectivity index (χ3v) is 4.12. The summed E-state index contributed by atoms with van der Waals surface area (Å²) >= 11 is 0. The van der Waals surface area contributed by atoms with Gasteiger partial charge < -0.3 is 10.2 Å². The molecule has 0 aromatic carbocycles. The molecule has 2 aliphatic heterocycles. The number of nitrogens with one attached hydrogen (secondary N) is 1. The second-order valence-corrected chi connectivity index (χ2v) is 5.73.